The normalized spacial score (nSPS) is 11.8. The number of carbonyl (C=O) groups is 1. The molecule has 134 valence electrons. The first-order valence-corrected chi connectivity index (χ1v) is 8.65. The van der Waals surface area contributed by atoms with Gasteiger partial charge in [0, 0.05) is 30.6 Å². The van der Waals surface area contributed by atoms with E-state index in [9.17, 15) is 4.79 Å². The van der Waals surface area contributed by atoms with Gasteiger partial charge in [-0.15, -0.1) is 0 Å². The zero-order valence-electron chi connectivity index (χ0n) is 15.3. The summed E-state index contributed by atoms with van der Waals surface area (Å²) in [6.07, 6.45) is 4.30. The molecule has 2 aromatic carbocycles. The number of hydrogen-bond donors (Lipinski definition) is 1. The van der Waals surface area contributed by atoms with E-state index < -0.39 is 0 Å². The maximum atomic E-state index is 13.0. The Labute approximate surface area is 153 Å². The fraction of sp³-hybridized carbons (Fsp3) is 0.238. The monoisotopic (exact) mass is 349 g/mol. The van der Waals surface area contributed by atoms with Gasteiger partial charge in [0.05, 0.1) is 13.2 Å². The zero-order valence-corrected chi connectivity index (χ0v) is 15.3. The van der Waals surface area contributed by atoms with Gasteiger partial charge in [-0.05, 0) is 36.2 Å². The summed E-state index contributed by atoms with van der Waals surface area (Å²) < 4.78 is 5.22. The molecule has 0 spiro atoms. The highest BCUT2D eigenvalue weighted by Gasteiger charge is 2.21. The zero-order chi connectivity index (χ0) is 18.5. The molecule has 5 heteroatoms. The molecule has 0 aliphatic heterocycles. The summed E-state index contributed by atoms with van der Waals surface area (Å²) >= 11 is 0. The molecule has 0 bridgehead atoms. The average molecular weight is 349 g/mol. The first-order chi connectivity index (χ1) is 12.6. The van der Waals surface area contributed by atoms with E-state index in [0.29, 0.717) is 5.56 Å². The van der Waals surface area contributed by atoms with Crippen molar-refractivity contribution in [3.05, 3.63) is 72.1 Å². The van der Waals surface area contributed by atoms with Crippen molar-refractivity contribution in [1.29, 1.82) is 0 Å². The van der Waals surface area contributed by atoms with E-state index in [4.69, 9.17) is 4.74 Å². The Balaban J connectivity index is 1.84. The number of nitrogens with one attached hydrogen (secondary N) is 1. The highest BCUT2D eigenvalue weighted by molar-refractivity contribution is 5.95. The Kier molecular flexibility index (Phi) is 5.37. The third kappa shape index (κ3) is 3.61. The molecule has 3 rings (SSSR count). The number of nitrogens with zero attached hydrogens (tertiary/aromatic N) is 2. The van der Waals surface area contributed by atoms with Crippen molar-refractivity contribution in [3.8, 4) is 17.1 Å². The first kappa shape index (κ1) is 17.7. The summed E-state index contributed by atoms with van der Waals surface area (Å²) in [5.74, 6) is 1.55. The second-order valence-corrected chi connectivity index (χ2v) is 6.13. The summed E-state index contributed by atoms with van der Waals surface area (Å²) in [6.45, 7) is 2.08. The molecule has 0 saturated carbocycles. The smallest absolute Gasteiger partial charge is 0.254 e. The predicted octanol–water partition coefficient (Wildman–Crippen LogP) is 4.31. The van der Waals surface area contributed by atoms with Gasteiger partial charge in [-0.3, -0.25) is 4.79 Å². The largest absolute Gasteiger partial charge is 0.497 e. The van der Waals surface area contributed by atoms with Gasteiger partial charge in [0.2, 0.25) is 0 Å². The maximum Gasteiger partial charge on any atom is 0.254 e. The van der Waals surface area contributed by atoms with Crippen LogP contribution < -0.4 is 4.74 Å². The molecule has 1 atom stereocenters. The summed E-state index contributed by atoms with van der Waals surface area (Å²) in [7, 11) is 3.49. The highest BCUT2D eigenvalue weighted by Crippen LogP contribution is 2.27. The van der Waals surface area contributed by atoms with E-state index in [0.717, 1.165) is 29.1 Å². The molecule has 0 radical (unpaired) electrons. The Morgan fingerprint density at radius 1 is 1.23 bits per heavy atom. The molecule has 1 heterocycles. The molecular formula is C21H23N3O2. The lowest BCUT2D eigenvalue weighted by atomic mass is 10.0. The van der Waals surface area contributed by atoms with Crippen molar-refractivity contribution in [1.82, 2.24) is 14.9 Å². The van der Waals surface area contributed by atoms with Crippen LogP contribution in [0.4, 0.5) is 0 Å². The second kappa shape index (κ2) is 7.87. The molecule has 0 unspecified atom stereocenters. The number of H-pyrrole nitrogens is 1. The number of amides is 1. The number of benzene rings is 2. The minimum absolute atomic E-state index is 0.000625. The summed E-state index contributed by atoms with van der Waals surface area (Å²) in [5.41, 5.74) is 2.63. The number of carbonyl (C=O) groups excluding carboxylic acids is 1. The lowest BCUT2D eigenvalue weighted by Crippen LogP contribution is -2.31. The van der Waals surface area contributed by atoms with Crippen molar-refractivity contribution in [2.24, 2.45) is 0 Å². The van der Waals surface area contributed by atoms with Gasteiger partial charge in [0.1, 0.15) is 11.6 Å². The summed E-state index contributed by atoms with van der Waals surface area (Å²) in [5, 5.41) is 0. The third-order valence-electron chi connectivity index (χ3n) is 4.56. The van der Waals surface area contributed by atoms with Crippen LogP contribution in [-0.4, -0.2) is 34.9 Å². The van der Waals surface area contributed by atoms with Crippen LogP contribution in [0.1, 0.15) is 35.3 Å². The number of aromatic amines is 1. The first-order valence-electron chi connectivity index (χ1n) is 8.65. The lowest BCUT2D eigenvalue weighted by molar-refractivity contribution is 0.0726. The van der Waals surface area contributed by atoms with E-state index in [1.165, 1.54) is 0 Å². The molecular weight excluding hydrogens is 326 g/mol. The van der Waals surface area contributed by atoms with E-state index in [1.54, 1.807) is 24.4 Å². The van der Waals surface area contributed by atoms with Gasteiger partial charge in [-0.25, -0.2) is 4.98 Å². The third-order valence-corrected chi connectivity index (χ3v) is 4.56. The Bertz CT molecular complexity index is 857. The topological polar surface area (TPSA) is 58.2 Å². The lowest BCUT2D eigenvalue weighted by Gasteiger charge is -2.28. The van der Waals surface area contributed by atoms with E-state index >= 15 is 0 Å². The van der Waals surface area contributed by atoms with E-state index in [2.05, 4.69) is 16.9 Å². The second-order valence-electron chi connectivity index (χ2n) is 6.13. The van der Waals surface area contributed by atoms with Gasteiger partial charge in [0.25, 0.3) is 5.91 Å². The van der Waals surface area contributed by atoms with Crippen LogP contribution in [0.5, 0.6) is 5.75 Å². The Hall–Kier alpha value is -3.08. The number of aromatic nitrogens is 2. The van der Waals surface area contributed by atoms with Crippen LogP contribution in [0.2, 0.25) is 0 Å². The number of hydrogen-bond acceptors (Lipinski definition) is 3. The van der Waals surface area contributed by atoms with Gasteiger partial charge in [-0.2, -0.15) is 0 Å². The Morgan fingerprint density at radius 3 is 2.62 bits per heavy atom. The van der Waals surface area contributed by atoms with Crippen LogP contribution >= 0.6 is 0 Å². The molecule has 26 heavy (non-hydrogen) atoms. The predicted molar refractivity (Wildman–Crippen MR) is 102 cm³/mol. The fourth-order valence-corrected chi connectivity index (χ4v) is 3.13. The standard InChI is InChI=1S/C21H23N3O2/c1-4-19(15-8-10-18(26-3)11-9-15)24(2)21(25)17-7-5-6-16(14-17)20-22-12-13-23-20/h5-14,19H,4H2,1-3H3,(H,22,23)/t19-/m1/s1. The number of methoxy groups -OCH3 is 1. The minimum Gasteiger partial charge on any atom is -0.497 e. The molecule has 0 fully saturated rings. The molecule has 1 N–H and O–H groups in total. The van der Waals surface area contributed by atoms with Gasteiger partial charge >= 0.3 is 0 Å². The van der Waals surface area contributed by atoms with Gasteiger partial charge in [-0.1, -0.05) is 31.2 Å². The van der Waals surface area contributed by atoms with E-state index in [-0.39, 0.29) is 11.9 Å². The van der Waals surface area contributed by atoms with Crippen molar-refractivity contribution in [3.63, 3.8) is 0 Å². The van der Waals surface area contributed by atoms with Crippen molar-refractivity contribution >= 4 is 5.91 Å². The molecule has 0 aliphatic carbocycles. The number of ether oxygens (including phenoxy) is 1. The van der Waals surface area contributed by atoms with Crippen molar-refractivity contribution < 1.29 is 9.53 Å². The van der Waals surface area contributed by atoms with Crippen LogP contribution in [0.15, 0.2) is 60.9 Å². The van der Waals surface area contributed by atoms with Gasteiger partial charge in [0.15, 0.2) is 0 Å². The SMILES string of the molecule is CC[C@H](c1ccc(OC)cc1)N(C)C(=O)c1cccc(-c2ncc[nH]2)c1. The van der Waals surface area contributed by atoms with Crippen LogP contribution in [0, 0.1) is 0 Å². The molecule has 0 aliphatic rings. The molecule has 1 amide bonds. The van der Waals surface area contributed by atoms with Crippen LogP contribution in [-0.2, 0) is 0 Å². The minimum atomic E-state index is -0.0129. The molecule has 3 aromatic rings. The quantitative estimate of drug-likeness (QED) is 0.721. The van der Waals surface area contributed by atoms with Crippen molar-refractivity contribution in [2.75, 3.05) is 14.2 Å². The number of imidazole rings is 1. The van der Waals surface area contributed by atoms with E-state index in [1.807, 2.05) is 55.6 Å². The summed E-state index contributed by atoms with van der Waals surface area (Å²) in [4.78, 5) is 22.2. The summed E-state index contributed by atoms with van der Waals surface area (Å²) in [6, 6.07) is 15.4. The molecule has 1 aromatic heterocycles. The Morgan fingerprint density at radius 2 is 2.00 bits per heavy atom. The number of rotatable bonds is 6. The molecule has 5 nitrogen and oxygen atoms in total. The maximum absolute atomic E-state index is 13.0. The fourth-order valence-electron chi connectivity index (χ4n) is 3.13. The van der Waals surface area contributed by atoms with Crippen molar-refractivity contribution in [2.45, 2.75) is 19.4 Å². The molecule has 0 saturated heterocycles. The van der Waals surface area contributed by atoms with Crippen LogP contribution in [0.25, 0.3) is 11.4 Å². The van der Waals surface area contributed by atoms with Gasteiger partial charge < -0.3 is 14.6 Å². The average Bonchev–Trinajstić information content (AvgIpc) is 3.23. The van der Waals surface area contributed by atoms with Crippen LogP contribution in [0.3, 0.4) is 0 Å². The highest BCUT2D eigenvalue weighted by atomic mass is 16.5.